The molecule has 0 spiro atoms. The van der Waals surface area contributed by atoms with Crippen molar-refractivity contribution in [2.45, 2.75) is 63.5 Å². The Morgan fingerprint density at radius 2 is 1.78 bits per heavy atom. The maximum absolute atomic E-state index is 14.1. The van der Waals surface area contributed by atoms with E-state index in [1.807, 2.05) is 27.9 Å². The van der Waals surface area contributed by atoms with Crippen LogP contribution in [0.5, 0.6) is 0 Å². The summed E-state index contributed by atoms with van der Waals surface area (Å²) in [5.41, 5.74) is 7.05. The summed E-state index contributed by atoms with van der Waals surface area (Å²) in [6.07, 6.45) is 13.5. The summed E-state index contributed by atoms with van der Waals surface area (Å²) in [7, 11) is 1.42. The van der Waals surface area contributed by atoms with Gasteiger partial charge in [0.2, 0.25) is 0 Å². The maximum atomic E-state index is 14.1. The van der Waals surface area contributed by atoms with Crippen LogP contribution in [0.1, 0.15) is 78.4 Å². The number of methoxy groups -OCH3 is 1. The van der Waals surface area contributed by atoms with Crippen LogP contribution in [0.25, 0.3) is 28.2 Å². The fourth-order valence-corrected chi connectivity index (χ4v) is 7.20. The van der Waals surface area contributed by atoms with Crippen LogP contribution in [-0.4, -0.2) is 56.5 Å². The van der Waals surface area contributed by atoms with Crippen LogP contribution in [0.4, 0.5) is 0 Å². The van der Waals surface area contributed by atoms with Crippen molar-refractivity contribution < 1.29 is 14.3 Å². The van der Waals surface area contributed by atoms with Gasteiger partial charge in [-0.3, -0.25) is 4.79 Å². The van der Waals surface area contributed by atoms with Gasteiger partial charge in [-0.05, 0) is 60.9 Å². The van der Waals surface area contributed by atoms with Crippen LogP contribution in [0.2, 0.25) is 0 Å². The number of hydrogen-bond donors (Lipinski definition) is 0. The SMILES string of the molecule is COC(=O)c1ccc2c(C3CCCCC3)c3n(c2c1)CC(C(=O)N1CCC(n2ccnn2)CC1)=Cc1ccccc1-3. The van der Waals surface area contributed by atoms with Gasteiger partial charge in [0, 0.05) is 41.3 Å². The van der Waals surface area contributed by atoms with Crippen molar-refractivity contribution >= 4 is 28.9 Å². The van der Waals surface area contributed by atoms with Gasteiger partial charge in [-0.25, -0.2) is 9.48 Å². The van der Waals surface area contributed by atoms with Gasteiger partial charge in [-0.2, -0.15) is 0 Å². The highest BCUT2D eigenvalue weighted by Crippen LogP contribution is 2.46. The predicted octanol–water partition coefficient (Wildman–Crippen LogP) is 5.99. The second kappa shape index (κ2) is 10.7. The van der Waals surface area contributed by atoms with Crippen molar-refractivity contribution in [3.8, 4) is 11.3 Å². The Bertz CT molecular complexity index is 1640. The van der Waals surface area contributed by atoms with Crippen molar-refractivity contribution in [1.29, 1.82) is 0 Å². The average Bonchev–Trinajstić information content (AvgIpc) is 3.64. The van der Waals surface area contributed by atoms with Crippen LogP contribution in [0.3, 0.4) is 0 Å². The third kappa shape index (κ3) is 4.55. The molecule has 1 saturated heterocycles. The molecule has 0 unspecified atom stereocenters. The van der Waals surface area contributed by atoms with Crippen molar-refractivity contribution in [1.82, 2.24) is 24.5 Å². The maximum Gasteiger partial charge on any atom is 0.337 e. The summed E-state index contributed by atoms with van der Waals surface area (Å²) in [6.45, 7) is 1.82. The zero-order valence-electron chi connectivity index (χ0n) is 23.5. The van der Waals surface area contributed by atoms with Crippen LogP contribution in [0.15, 0.2) is 60.4 Å². The largest absolute Gasteiger partial charge is 0.465 e. The van der Waals surface area contributed by atoms with E-state index in [1.165, 1.54) is 43.0 Å². The first-order chi connectivity index (χ1) is 20.1. The standard InChI is InChI=1S/C33H35N5O3/c1-41-33(40)24-11-12-28-29(20-24)37-21-25(32(39)36-16-13-26(14-17-36)38-18-15-34-35-38)19-23-9-5-6-10-27(23)31(37)30(28)22-7-3-2-4-8-22/h5-6,9-12,15,18-20,22,26H,2-4,7-8,13-14,16-17,21H2,1H3. The van der Waals surface area contributed by atoms with Crippen LogP contribution < -0.4 is 0 Å². The Morgan fingerprint density at radius 3 is 2.54 bits per heavy atom. The first-order valence-electron chi connectivity index (χ1n) is 14.8. The molecule has 210 valence electrons. The molecule has 1 amide bonds. The third-order valence-electron chi connectivity index (χ3n) is 9.25. The van der Waals surface area contributed by atoms with Crippen LogP contribution >= 0.6 is 0 Å². The number of ether oxygens (including phenoxy) is 1. The number of fused-ring (bicyclic) bond motifs is 5. The molecule has 2 aromatic heterocycles. The number of nitrogens with zero attached hydrogens (tertiary/aromatic N) is 5. The molecular formula is C33H35N5O3. The predicted molar refractivity (Wildman–Crippen MR) is 157 cm³/mol. The number of hydrogen-bond acceptors (Lipinski definition) is 5. The summed E-state index contributed by atoms with van der Waals surface area (Å²) in [5, 5.41) is 9.30. The van der Waals surface area contributed by atoms with E-state index in [0.717, 1.165) is 47.9 Å². The molecule has 0 N–H and O–H groups in total. The van der Waals surface area contributed by atoms with E-state index in [0.29, 0.717) is 31.1 Å². The highest BCUT2D eigenvalue weighted by molar-refractivity contribution is 6.03. The molecule has 0 atom stereocenters. The normalized spacial score (nSPS) is 18.0. The Balaban J connectivity index is 1.32. The van der Waals surface area contributed by atoms with E-state index in [-0.39, 0.29) is 17.9 Å². The molecule has 3 aliphatic rings. The first kappa shape index (κ1) is 25.7. The fourth-order valence-electron chi connectivity index (χ4n) is 7.20. The van der Waals surface area contributed by atoms with Crippen molar-refractivity contribution in [2.24, 2.45) is 0 Å². The number of carbonyl (C=O) groups is 2. The minimum absolute atomic E-state index is 0.0786. The number of rotatable bonds is 4. The third-order valence-corrected chi connectivity index (χ3v) is 9.25. The topological polar surface area (TPSA) is 82.2 Å². The van der Waals surface area contributed by atoms with E-state index in [4.69, 9.17) is 4.74 Å². The number of amides is 1. The Labute approximate surface area is 239 Å². The van der Waals surface area contributed by atoms with Gasteiger partial charge in [-0.1, -0.05) is 54.8 Å². The highest BCUT2D eigenvalue weighted by Gasteiger charge is 2.32. The molecule has 41 heavy (non-hydrogen) atoms. The molecule has 1 saturated carbocycles. The lowest BCUT2D eigenvalue weighted by Gasteiger charge is -2.32. The second-order valence-electron chi connectivity index (χ2n) is 11.6. The van der Waals surface area contributed by atoms with E-state index < -0.39 is 0 Å². The lowest BCUT2D eigenvalue weighted by molar-refractivity contribution is -0.128. The Morgan fingerprint density at radius 1 is 0.976 bits per heavy atom. The molecule has 7 rings (SSSR count). The second-order valence-corrected chi connectivity index (χ2v) is 11.6. The van der Waals surface area contributed by atoms with Gasteiger partial charge < -0.3 is 14.2 Å². The number of carbonyl (C=O) groups excluding carboxylic acids is 2. The van der Waals surface area contributed by atoms with Crippen molar-refractivity contribution in [3.05, 3.63) is 77.1 Å². The van der Waals surface area contributed by atoms with E-state index in [9.17, 15) is 9.59 Å². The molecule has 2 fully saturated rings. The average molecular weight is 550 g/mol. The van der Waals surface area contributed by atoms with Gasteiger partial charge in [-0.15, -0.1) is 5.10 Å². The summed E-state index contributed by atoms with van der Waals surface area (Å²) in [4.78, 5) is 28.7. The number of benzene rings is 2. The van der Waals surface area contributed by atoms with Crippen LogP contribution in [0, 0.1) is 0 Å². The van der Waals surface area contributed by atoms with E-state index >= 15 is 0 Å². The lowest BCUT2D eigenvalue weighted by atomic mass is 9.81. The van der Waals surface area contributed by atoms with Crippen molar-refractivity contribution in [2.75, 3.05) is 20.2 Å². The summed E-state index contributed by atoms with van der Waals surface area (Å²) >= 11 is 0. The molecule has 4 aromatic rings. The van der Waals surface area contributed by atoms with Gasteiger partial charge in [0.05, 0.1) is 37.2 Å². The zero-order chi connectivity index (χ0) is 27.9. The number of aromatic nitrogens is 4. The highest BCUT2D eigenvalue weighted by atomic mass is 16.5. The minimum Gasteiger partial charge on any atom is -0.465 e. The smallest absolute Gasteiger partial charge is 0.337 e. The molecule has 8 nitrogen and oxygen atoms in total. The van der Waals surface area contributed by atoms with Gasteiger partial charge in [0.25, 0.3) is 5.91 Å². The molecule has 4 heterocycles. The summed E-state index contributed by atoms with van der Waals surface area (Å²) in [5.74, 6) is 0.181. The van der Waals surface area contributed by atoms with E-state index in [2.05, 4.69) is 51.3 Å². The number of esters is 1. The number of piperidine rings is 1. The lowest BCUT2D eigenvalue weighted by Crippen LogP contribution is -2.40. The first-order valence-corrected chi connectivity index (χ1v) is 14.8. The van der Waals surface area contributed by atoms with Gasteiger partial charge in [0.15, 0.2) is 0 Å². The molecule has 2 aromatic carbocycles. The summed E-state index contributed by atoms with van der Waals surface area (Å²) < 4.78 is 9.28. The quantitative estimate of drug-likeness (QED) is 0.292. The Hall–Kier alpha value is -4.20. The monoisotopic (exact) mass is 549 g/mol. The van der Waals surface area contributed by atoms with Crippen molar-refractivity contribution in [3.63, 3.8) is 0 Å². The van der Waals surface area contributed by atoms with Gasteiger partial charge in [0.1, 0.15) is 0 Å². The molecule has 8 heteroatoms. The zero-order valence-corrected chi connectivity index (χ0v) is 23.5. The fraction of sp³-hybridized carbons (Fsp3) is 0.394. The molecule has 0 radical (unpaired) electrons. The molecular weight excluding hydrogens is 514 g/mol. The van der Waals surface area contributed by atoms with Crippen LogP contribution in [-0.2, 0) is 16.1 Å². The number of likely N-dealkylation sites (tertiary alicyclic amines) is 1. The van der Waals surface area contributed by atoms with E-state index in [1.54, 1.807) is 6.20 Å². The van der Waals surface area contributed by atoms with Gasteiger partial charge >= 0.3 is 5.97 Å². The molecule has 1 aliphatic carbocycles. The molecule has 2 aliphatic heterocycles. The summed E-state index contributed by atoms with van der Waals surface area (Å²) in [6, 6.07) is 14.6. The molecule has 0 bridgehead atoms. The minimum atomic E-state index is -0.349. The Kier molecular flexibility index (Phi) is 6.69.